The van der Waals surface area contributed by atoms with Gasteiger partial charge in [0.05, 0.1) is 13.1 Å². The molecule has 9 heteroatoms. The normalized spacial score (nSPS) is 10.9. The van der Waals surface area contributed by atoms with Crippen molar-refractivity contribution in [2.24, 2.45) is 0 Å². The molecule has 0 aliphatic heterocycles. The van der Waals surface area contributed by atoms with Gasteiger partial charge in [0.2, 0.25) is 5.95 Å². The van der Waals surface area contributed by atoms with E-state index < -0.39 is 5.91 Å². The zero-order chi connectivity index (χ0) is 18.6. The van der Waals surface area contributed by atoms with Crippen LogP contribution in [0.25, 0.3) is 0 Å². The average Bonchev–Trinajstić information content (AvgIpc) is 3.38. The summed E-state index contributed by atoms with van der Waals surface area (Å²) in [6, 6.07) is 12.6. The van der Waals surface area contributed by atoms with Crippen molar-refractivity contribution in [1.82, 2.24) is 24.5 Å². The third kappa shape index (κ3) is 4.24. The van der Waals surface area contributed by atoms with Gasteiger partial charge in [0, 0.05) is 17.4 Å². The first kappa shape index (κ1) is 17.0. The largest absolute Gasteiger partial charge is 0.454 e. The molecule has 1 amide bonds. The molecule has 136 valence electrons. The topological polar surface area (TPSA) is 90.8 Å². The second-order valence-corrected chi connectivity index (χ2v) is 6.26. The molecule has 0 unspecified atom stereocenters. The van der Waals surface area contributed by atoms with E-state index in [1.165, 1.54) is 0 Å². The highest BCUT2D eigenvalue weighted by atomic mass is 35.5. The lowest BCUT2D eigenvalue weighted by Gasteiger charge is -2.01. The first-order chi connectivity index (χ1) is 13.2. The quantitative estimate of drug-likeness (QED) is 0.553. The summed E-state index contributed by atoms with van der Waals surface area (Å²) in [5.41, 5.74) is 0.986. The molecule has 0 saturated heterocycles. The van der Waals surface area contributed by atoms with Gasteiger partial charge in [-0.05, 0) is 35.9 Å². The van der Waals surface area contributed by atoms with Crippen LogP contribution < -0.4 is 5.32 Å². The van der Waals surface area contributed by atoms with E-state index in [2.05, 4.69) is 20.5 Å². The molecule has 4 rings (SSSR count). The highest BCUT2D eigenvalue weighted by Gasteiger charge is 2.14. The number of aromatic nitrogens is 5. The lowest BCUT2D eigenvalue weighted by Crippen LogP contribution is -2.12. The summed E-state index contributed by atoms with van der Waals surface area (Å²) in [7, 11) is 0. The molecule has 0 aliphatic carbocycles. The molecule has 4 aromatic rings. The Labute approximate surface area is 159 Å². The lowest BCUT2D eigenvalue weighted by molar-refractivity contribution is 0.0993. The molecule has 1 N–H and O–H groups in total. The van der Waals surface area contributed by atoms with Gasteiger partial charge >= 0.3 is 0 Å². The zero-order valence-corrected chi connectivity index (χ0v) is 14.9. The molecule has 8 nitrogen and oxygen atoms in total. The average molecular weight is 383 g/mol. The summed E-state index contributed by atoms with van der Waals surface area (Å²) in [6.45, 7) is 0.949. The summed E-state index contributed by atoms with van der Waals surface area (Å²) in [4.78, 5) is 16.4. The van der Waals surface area contributed by atoms with Crippen LogP contribution in [0.2, 0.25) is 5.02 Å². The first-order valence-corrected chi connectivity index (χ1v) is 8.55. The molecule has 3 heterocycles. The maximum Gasteiger partial charge on any atom is 0.293 e. The minimum Gasteiger partial charge on any atom is -0.454 e. The number of nitrogens with one attached hydrogen (secondary N) is 1. The Kier molecular flexibility index (Phi) is 4.71. The molecule has 0 spiro atoms. The minimum atomic E-state index is -0.415. The van der Waals surface area contributed by atoms with Crippen molar-refractivity contribution in [3.63, 3.8) is 0 Å². The van der Waals surface area contributed by atoms with Crippen molar-refractivity contribution < 1.29 is 9.21 Å². The van der Waals surface area contributed by atoms with E-state index >= 15 is 0 Å². The van der Waals surface area contributed by atoms with E-state index in [0.29, 0.717) is 23.9 Å². The van der Waals surface area contributed by atoms with Gasteiger partial charge in [-0.1, -0.05) is 23.7 Å². The summed E-state index contributed by atoms with van der Waals surface area (Å²) in [5, 5.41) is 11.6. The van der Waals surface area contributed by atoms with Gasteiger partial charge in [0.15, 0.2) is 5.76 Å². The number of rotatable bonds is 6. The van der Waals surface area contributed by atoms with Gasteiger partial charge in [-0.25, -0.2) is 9.67 Å². The molecular weight excluding hydrogens is 368 g/mol. The molecule has 27 heavy (non-hydrogen) atoms. The second-order valence-electron chi connectivity index (χ2n) is 5.82. The zero-order valence-electron chi connectivity index (χ0n) is 14.1. The van der Waals surface area contributed by atoms with Crippen LogP contribution in [0, 0.1) is 0 Å². The Balaban J connectivity index is 1.38. The number of amides is 1. The Morgan fingerprint density at radius 1 is 1.15 bits per heavy atom. The van der Waals surface area contributed by atoms with Crippen LogP contribution in [-0.2, 0) is 13.1 Å². The molecule has 0 bridgehead atoms. The predicted molar refractivity (Wildman–Crippen MR) is 98.6 cm³/mol. The van der Waals surface area contributed by atoms with Crippen LogP contribution >= 0.6 is 11.6 Å². The number of anilines is 1. The van der Waals surface area contributed by atoms with Gasteiger partial charge in [-0.3, -0.25) is 14.8 Å². The number of hydrogen-bond acceptors (Lipinski definition) is 5. The van der Waals surface area contributed by atoms with Crippen LogP contribution in [0.15, 0.2) is 65.6 Å². The smallest absolute Gasteiger partial charge is 0.293 e. The molecule has 0 fully saturated rings. The summed E-state index contributed by atoms with van der Waals surface area (Å²) >= 11 is 5.98. The van der Waals surface area contributed by atoms with Crippen LogP contribution in [-0.4, -0.2) is 30.5 Å². The van der Waals surface area contributed by atoms with Crippen LogP contribution in [0.3, 0.4) is 0 Å². The Bertz CT molecular complexity index is 1050. The Morgan fingerprint density at radius 3 is 2.89 bits per heavy atom. The Morgan fingerprint density at radius 2 is 2.07 bits per heavy atom. The van der Waals surface area contributed by atoms with Crippen molar-refractivity contribution in [3.8, 4) is 0 Å². The van der Waals surface area contributed by atoms with E-state index in [0.717, 1.165) is 5.56 Å². The fraction of sp³-hybridized carbons (Fsp3) is 0.111. The van der Waals surface area contributed by atoms with Crippen LogP contribution in [0.4, 0.5) is 5.95 Å². The number of halogens is 1. The fourth-order valence-corrected chi connectivity index (χ4v) is 2.77. The predicted octanol–water partition coefficient (Wildman–Crippen LogP) is 3.07. The van der Waals surface area contributed by atoms with Crippen molar-refractivity contribution >= 4 is 23.5 Å². The maximum atomic E-state index is 12.3. The van der Waals surface area contributed by atoms with Crippen molar-refractivity contribution in [3.05, 3.63) is 83.3 Å². The number of hydrogen-bond donors (Lipinski definition) is 1. The maximum absolute atomic E-state index is 12.3. The van der Waals surface area contributed by atoms with Gasteiger partial charge in [0.1, 0.15) is 12.1 Å². The molecule has 3 aromatic heterocycles. The summed E-state index contributed by atoms with van der Waals surface area (Å²) < 4.78 is 8.88. The van der Waals surface area contributed by atoms with Gasteiger partial charge < -0.3 is 4.42 Å². The number of nitrogens with zero attached hydrogens (tertiary/aromatic N) is 5. The minimum absolute atomic E-state index is 0.184. The monoisotopic (exact) mass is 382 g/mol. The van der Waals surface area contributed by atoms with E-state index in [-0.39, 0.29) is 11.7 Å². The standard InChI is InChI=1S/C18H15ClN6O2/c19-14-4-1-3-13(9-14)10-25-12-20-18(23-25)22-17(26)16-6-5-15(27-16)11-24-8-2-7-21-24/h1-9,12H,10-11H2,(H,22,23,26). The second kappa shape index (κ2) is 7.46. The van der Waals surface area contributed by atoms with Gasteiger partial charge in [-0.2, -0.15) is 5.10 Å². The van der Waals surface area contributed by atoms with Crippen molar-refractivity contribution in [2.45, 2.75) is 13.1 Å². The highest BCUT2D eigenvalue weighted by molar-refractivity contribution is 6.30. The molecular formula is C18H15ClN6O2. The number of furan rings is 1. The molecule has 0 saturated carbocycles. The fourth-order valence-electron chi connectivity index (χ4n) is 2.55. The number of benzene rings is 1. The van der Waals surface area contributed by atoms with E-state index in [9.17, 15) is 4.79 Å². The van der Waals surface area contributed by atoms with E-state index in [1.54, 1.807) is 34.0 Å². The molecule has 0 atom stereocenters. The third-order valence-corrected chi connectivity index (χ3v) is 3.99. The van der Waals surface area contributed by atoms with Crippen molar-refractivity contribution in [1.29, 1.82) is 0 Å². The number of carbonyl (C=O) groups is 1. The van der Waals surface area contributed by atoms with Gasteiger partial charge in [0.25, 0.3) is 5.91 Å². The summed E-state index contributed by atoms with van der Waals surface area (Å²) in [6.07, 6.45) is 5.04. The molecule has 0 aliphatic rings. The van der Waals surface area contributed by atoms with Crippen LogP contribution in [0.1, 0.15) is 21.9 Å². The summed E-state index contributed by atoms with van der Waals surface area (Å²) in [5.74, 6) is 0.598. The lowest BCUT2D eigenvalue weighted by atomic mass is 10.2. The SMILES string of the molecule is O=C(Nc1ncn(Cc2cccc(Cl)c2)n1)c1ccc(Cn2cccn2)o1. The first-order valence-electron chi connectivity index (χ1n) is 8.17. The van der Waals surface area contributed by atoms with E-state index in [1.807, 2.05) is 36.5 Å². The van der Waals surface area contributed by atoms with Crippen LogP contribution in [0.5, 0.6) is 0 Å². The molecule has 1 aromatic carbocycles. The number of carbonyl (C=O) groups excluding carboxylic acids is 1. The van der Waals surface area contributed by atoms with E-state index in [4.69, 9.17) is 16.0 Å². The third-order valence-electron chi connectivity index (χ3n) is 3.76. The van der Waals surface area contributed by atoms with Gasteiger partial charge in [-0.15, -0.1) is 5.10 Å². The Hall–Kier alpha value is -3.39. The molecule has 0 radical (unpaired) electrons. The van der Waals surface area contributed by atoms with Crippen molar-refractivity contribution in [2.75, 3.05) is 5.32 Å². The highest BCUT2D eigenvalue weighted by Crippen LogP contribution is 2.13.